The summed E-state index contributed by atoms with van der Waals surface area (Å²) in [5.41, 5.74) is 0.330. The summed E-state index contributed by atoms with van der Waals surface area (Å²) in [7, 11) is 0. The number of rotatable bonds is 5. The van der Waals surface area contributed by atoms with Gasteiger partial charge in [0.05, 0.1) is 10.1 Å². The minimum absolute atomic E-state index is 0.0543. The molecule has 6 heteroatoms. The molecule has 98 valence electrons. The normalized spacial score (nSPS) is 9.89. The van der Waals surface area contributed by atoms with Gasteiger partial charge in [0.1, 0.15) is 5.75 Å². The standard InChI is InChI=1S/C12H15IN2O3/c1-2-5-14-11(17)7-15-12(18)8-3-4-9(13)10(16)6-8/h3-4,6,16H,2,5,7H2,1H3,(H,14,17)(H,15,18). The van der Waals surface area contributed by atoms with Crippen molar-refractivity contribution in [3.05, 3.63) is 27.3 Å². The number of carbonyl (C=O) groups is 2. The Morgan fingerprint density at radius 1 is 1.33 bits per heavy atom. The molecule has 2 amide bonds. The maximum Gasteiger partial charge on any atom is 0.251 e. The van der Waals surface area contributed by atoms with Crippen molar-refractivity contribution in [2.75, 3.05) is 13.1 Å². The van der Waals surface area contributed by atoms with Gasteiger partial charge in [-0.05, 0) is 47.2 Å². The minimum Gasteiger partial charge on any atom is -0.507 e. The first-order valence-electron chi connectivity index (χ1n) is 5.58. The van der Waals surface area contributed by atoms with Crippen molar-refractivity contribution in [1.29, 1.82) is 0 Å². The highest BCUT2D eigenvalue weighted by atomic mass is 127. The molecule has 1 aromatic rings. The number of nitrogens with one attached hydrogen (secondary N) is 2. The first kappa shape index (κ1) is 14.7. The third kappa shape index (κ3) is 4.52. The molecule has 1 aromatic carbocycles. The SMILES string of the molecule is CCCNC(=O)CNC(=O)c1ccc(I)c(O)c1. The van der Waals surface area contributed by atoms with Gasteiger partial charge in [0.2, 0.25) is 5.91 Å². The van der Waals surface area contributed by atoms with Gasteiger partial charge in [0, 0.05) is 12.1 Å². The fourth-order valence-corrected chi connectivity index (χ4v) is 1.58. The Balaban J connectivity index is 2.50. The second kappa shape index (κ2) is 7.20. The van der Waals surface area contributed by atoms with Crippen molar-refractivity contribution in [1.82, 2.24) is 10.6 Å². The van der Waals surface area contributed by atoms with Crippen LogP contribution in [0.25, 0.3) is 0 Å². The Morgan fingerprint density at radius 2 is 2.06 bits per heavy atom. The lowest BCUT2D eigenvalue weighted by molar-refractivity contribution is -0.120. The predicted octanol–water partition coefficient (Wildman–Crippen LogP) is 1.25. The van der Waals surface area contributed by atoms with Crippen LogP contribution in [0.3, 0.4) is 0 Å². The molecule has 0 unspecified atom stereocenters. The van der Waals surface area contributed by atoms with Crippen LogP contribution in [0.4, 0.5) is 0 Å². The number of hydrogen-bond acceptors (Lipinski definition) is 3. The lowest BCUT2D eigenvalue weighted by atomic mass is 10.2. The van der Waals surface area contributed by atoms with E-state index in [9.17, 15) is 14.7 Å². The van der Waals surface area contributed by atoms with Crippen LogP contribution >= 0.6 is 22.6 Å². The zero-order chi connectivity index (χ0) is 13.5. The first-order chi connectivity index (χ1) is 8.54. The van der Waals surface area contributed by atoms with E-state index in [4.69, 9.17) is 0 Å². The molecule has 0 aliphatic carbocycles. The molecule has 0 fully saturated rings. The summed E-state index contributed by atoms with van der Waals surface area (Å²) in [6, 6.07) is 4.61. The third-order valence-electron chi connectivity index (χ3n) is 2.19. The number of hydrogen-bond donors (Lipinski definition) is 3. The highest BCUT2D eigenvalue weighted by Crippen LogP contribution is 2.20. The van der Waals surface area contributed by atoms with E-state index in [1.165, 1.54) is 6.07 Å². The lowest BCUT2D eigenvalue weighted by Gasteiger charge is -2.06. The van der Waals surface area contributed by atoms with Gasteiger partial charge in [-0.15, -0.1) is 0 Å². The van der Waals surface area contributed by atoms with Gasteiger partial charge >= 0.3 is 0 Å². The van der Waals surface area contributed by atoms with Crippen molar-refractivity contribution in [3.8, 4) is 5.75 Å². The molecule has 0 aromatic heterocycles. The van der Waals surface area contributed by atoms with Crippen LogP contribution in [-0.4, -0.2) is 30.0 Å². The molecule has 0 aliphatic rings. The average Bonchev–Trinajstić information content (AvgIpc) is 2.36. The van der Waals surface area contributed by atoms with E-state index >= 15 is 0 Å². The average molecular weight is 362 g/mol. The van der Waals surface area contributed by atoms with Crippen molar-refractivity contribution in [2.24, 2.45) is 0 Å². The Labute approximate surface area is 119 Å². The van der Waals surface area contributed by atoms with Crippen LogP contribution in [0.15, 0.2) is 18.2 Å². The summed E-state index contributed by atoms with van der Waals surface area (Å²) in [6.07, 6.45) is 0.852. The molecular weight excluding hydrogens is 347 g/mol. The summed E-state index contributed by atoms with van der Waals surface area (Å²) < 4.78 is 0.671. The van der Waals surface area contributed by atoms with Crippen LogP contribution in [0.1, 0.15) is 23.7 Å². The Hall–Kier alpha value is -1.31. The summed E-state index contributed by atoms with van der Waals surface area (Å²) in [5.74, 6) is -0.549. The summed E-state index contributed by atoms with van der Waals surface area (Å²) in [4.78, 5) is 23.0. The van der Waals surface area contributed by atoms with Gasteiger partial charge in [0.15, 0.2) is 0 Å². The van der Waals surface area contributed by atoms with E-state index in [1.807, 2.05) is 29.5 Å². The molecule has 3 N–H and O–H groups in total. The van der Waals surface area contributed by atoms with E-state index in [0.717, 1.165) is 6.42 Å². The Bertz CT molecular complexity index is 449. The van der Waals surface area contributed by atoms with Crippen LogP contribution in [-0.2, 0) is 4.79 Å². The molecule has 18 heavy (non-hydrogen) atoms. The number of phenols is 1. The molecule has 0 aliphatic heterocycles. The zero-order valence-corrected chi connectivity index (χ0v) is 12.2. The molecule has 0 atom stereocenters. The second-order valence-corrected chi connectivity index (χ2v) is 4.86. The number of amides is 2. The van der Waals surface area contributed by atoms with E-state index in [0.29, 0.717) is 15.7 Å². The van der Waals surface area contributed by atoms with Crippen LogP contribution in [0.5, 0.6) is 5.75 Å². The van der Waals surface area contributed by atoms with Crippen molar-refractivity contribution in [3.63, 3.8) is 0 Å². The van der Waals surface area contributed by atoms with Crippen molar-refractivity contribution < 1.29 is 14.7 Å². The molecule has 0 bridgehead atoms. The molecule has 0 spiro atoms. The van der Waals surface area contributed by atoms with Crippen LogP contribution < -0.4 is 10.6 Å². The summed E-state index contributed by atoms with van der Waals surface area (Å²) in [6.45, 7) is 2.48. The highest BCUT2D eigenvalue weighted by molar-refractivity contribution is 14.1. The zero-order valence-electron chi connectivity index (χ0n) is 10.00. The third-order valence-corrected chi connectivity index (χ3v) is 3.10. The molecule has 0 radical (unpaired) electrons. The van der Waals surface area contributed by atoms with Gasteiger partial charge in [0.25, 0.3) is 5.91 Å². The predicted molar refractivity (Wildman–Crippen MR) is 76.5 cm³/mol. The monoisotopic (exact) mass is 362 g/mol. The molecular formula is C12H15IN2O3. The highest BCUT2D eigenvalue weighted by Gasteiger charge is 2.09. The Morgan fingerprint density at radius 3 is 2.67 bits per heavy atom. The largest absolute Gasteiger partial charge is 0.507 e. The van der Waals surface area contributed by atoms with Crippen molar-refractivity contribution >= 4 is 34.4 Å². The maximum atomic E-state index is 11.7. The molecule has 5 nitrogen and oxygen atoms in total. The smallest absolute Gasteiger partial charge is 0.251 e. The van der Waals surface area contributed by atoms with E-state index in [2.05, 4.69) is 10.6 Å². The number of halogens is 1. The summed E-state index contributed by atoms with van der Waals surface area (Å²) >= 11 is 1.97. The number of aromatic hydroxyl groups is 1. The number of benzene rings is 1. The first-order valence-corrected chi connectivity index (χ1v) is 6.66. The maximum absolute atomic E-state index is 11.7. The quantitative estimate of drug-likeness (QED) is 0.690. The van der Waals surface area contributed by atoms with Crippen LogP contribution in [0.2, 0.25) is 0 Å². The molecule has 1 rings (SSSR count). The van der Waals surface area contributed by atoms with Gasteiger partial charge in [-0.3, -0.25) is 9.59 Å². The Kier molecular flexibility index (Phi) is 5.90. The summed E-state index contributed by atoms with van der Waals surface area (Å²) in [5, 5.41) is 14.6. The number of phenolic OH excluding ortho intramolecular Hbond substituents is 1. The number of carbonyl (C=O) groups excluding carboxylic acids is 2. The van der Waals surface area contributed by atoms with Crippen molar-refractivity contribution in [2.45, 2.75) is 13.3 Å². The molecule has 0 saturated heterocycles. The van der Waals surface area contributed by atoms with Gasteiger partial charge in [-0.25, -0.2) is 0 Å². The fourth-order valence-electron chi connectivity index (χ4n) is 1.24. The van der Waals surface area contributed by atoms with E-state index < -0.39 is 0 Å². The van der Waals surface area contributed by atoms with Gasteiger partial charge in [-0.2, -0.15) is 0 Å². The lowest BCUT2D eigenvalue weighted by Crippen LogP contribution is -2.37. The second-order valence-electron chi connectivity index (χ2n) is 3.70. The topological polar surface area (TPSA) is 78.4 Å². The fraction of sp³-hybridized carbons (Fsp3) is 0.333. The molecule has 0 saturated carbocycles. The van der Waals surface area contributed by atoms with E-state index in [-0.39, 0.29) is 24.1 Å². The molecule has 0 heterocycles. The van der Waals surface area contributed by atoms with Crippen LogP contribution in [0, 0.1) is 3.57 Å². The van der Waals surface area contributed by atoms with Gasteiger partial charge < -0.3 is 15.7 Å². The van der Waals surface area contributed by atoms with E-state index in [1.54, 1.807) is 12.1 Å². The van der Waals surface area contributed by atoms with Gasteiger partial charge in [-0.1, -0.05) is 6.92 Å². The minimum atomic E-state index is -0.381.